The number of hydrogen-bond acceptors (Lipinski definition) is 3. The summed E-state index contributed by atoms with van der Waals surface area (Å²) in [6, 6.07) is 7.00. The topological polar surface area (TPSA) is 59.1 Å². The SMILES string of the molecule is Cc1ccc(NS(=O)(=O)c2ncccc2F)cc1Cl. The van der Waals surface area contributed by atoms with Crippen LogP contribution in [0.4, 0.5) is 10.1 Å². The molecule has 0 unspecified atom stereocenters. The summed E-state index contributed by atoms with van der Waals surface area (Å²) in [5.41, 5.74) is 1.06. The van der Waals surface area contributed by atoms with Crippen LogP contribution in [0.1, 0.15) is 5.56 Å². The molecule has 7 heteroatoms. The maximum atomic E-state index is 13.4. The molecule has 0 aliphatic heterocycles. The third kappa shape index (κ3) is 3.02. The molecular weight excluding hydrogens is 291 g/mol. The summed E-state index contributed by atoms with van der Waals surface area (Å²) in [4.78, 5) is 3.53. The van der Waals surface area contributed by atoms with Crippen LogP contribution in [-0.2, 0) is 10.0 Å². The molecule has 0 saturated heterocycles. The van der Waals surface area contributed by atoms with Gasteiger partial charge >= 0.3 is 0 Å². The molecule has 0 saturated carbocycles. The second-order valence-corrected chi connectivity index (χ2v) is 5.86. The summed E-state index contributed by atoms with van der Waals surface area (Å²) >= 11 is 5.90. The van der Waals surface area contributed by atoms with Crippen molar-refractivity contribution < 1.29 is 12.8 Å². The monoisotopic (exact) mass is 300 g/mol. The van der Waals surface area contributed by atoms with Gasteiger partial charge in [-0.2, -0.15) is 8.42 Å². The Kier molecular flexibility index (Phi) is 3.73. The summed E-state index contributed by atoms with van der Waals surface area (Å²) < 4.78 is 39.6. The lowest BCUT2D eigenvalue weighted by Gasteiger charge is -2.09. The normalized spacial score (nSPS) is 11.3. The molecule has 0 amide bonds. The second kappa shape index (κ2) is 5.14. The van der Waals surface area contributed by atoms with Crippen molar-refractivity contribution in [2.24, 2.45) is 0 Å². The van der Waals surface area contributed by atoms with Crippen LogP contribution >= 0.6 is 11.6 Å². The highest BCUT2D eigenvalue weighted by Gasteiger charge is 2.20. The van der Waals surface area contributed by atoms with E-state index in [-0.39, 0.29) is 5.69 Å². The van der Waals surface area contributed by atoms with Crippen molar-refractivity contribution in [2.75, 3.05) is 4.72 Å². The van der Waals surface area contributed by atoms with Crippen molar-refractivity contribution in [2.45, 2.75) is 11.9 Å². The summed E-state index contributed by atoms with van der Waals surface area (Å²) in [7, 11) is -4.07. The lowest BCUT2D eigenvalue weighted by molar-refractivity contribution is 0.557. The van der Waals surface area contributed by atoms with E-state index in [2.05, 4.69) is 9.71 Å². The van der Waals surface area contributed by atoms with E-state index in [1.54, 1.807) is 19.1 Å². The largest absolute Gasteiger partial charge is 0.282 e. The Balaban J connectivity index is 2.37. The zero-order chi connectivity index (χ0) is 14.0. The lowest BCUT2D eigenvalue weighted by Crippen LogP contribution is -2.16. The Morgan fingerprint density at radius 1 is 1.32 bits per heavy atom. The molecule has 19 heavy (non-hydrogen) atoms. The number of rotatable bonds is 3. The predicted molar refractivity (Wildman–Crippen MR) is 71.2 cm³/mol. The first-order valence-corrected chi connectivity index (χ1v) is 7.16. The number of pyridine rings is 1. The Morgan fingerprint density at radius 2 is 2.05 bits per heavy atom. The first-order chi connectivity index (χ1) is 8.90. The van der Waals surface area contributed by atoms with Gasteiger partial charge in [0.1, 0.15) is 0 Å². The number of aryl methyl sites for hydroxylation is 1. The van der Waals surface area contributed by atoms with E-state index in [0.29, 0.717) is 5.02 Å². The Labute approximate surface area is 115 Å². The predicted octanol–water partition coefficient (Wildman–Crippen LogP) is 2.98. The van der Waals surface area contributed by atoms with Gasteiger partial charge in [0.25, 0.3) is 10.0 Å². The highest BCUT2D eigenvalue weighted by molar-refractivity contribution is 7.92. The van der Waals surface area contributed by atoms with Crippen molar-refractivity contribution in [1.29, 1.82) is 0 Å². The van der Waals surface area contributed by atoms with E-state index in [9.17, 15) is 12.8 Å². The Hall–Kier alpha value is -1.66. The van der Waals surface area contributed by atoms with Gasteiger partial charge in [-0.3, -0.25) is 4.72 Å². The summed E-state index contributed by atoms with van der Waals surface area (Å²) in [5.74, 6) is -0.909. The molecule has 0 fully saturated rings. The quantitative estimate of drug-likeness (QED) is 0.948. The van der Waals surface area contributed by atoms with E-state index in [4.69, 9.17) is 11.6 Å². The maximum Gasteiger partial charge on any atom is 0.282 e. The van der Waals surface area contributed by atoms with Crippen LogP contribution in [0.2, 0.25) is 5.02 Å². The first-order valence-electron chi connectivity index (χ1n) is 5.29. The van der Waals surface area contributed by atoms with E-state index in [1.165, 1.54) is 18.3 Å². The molecule has 1 aromatic carbocycles. The zero-order valence-electron chi connectivity index (χ0n) is 9.89. The van der Waals surface area contributed by atoms with Crippen LogP contribution in [0.25, 0.3) is 0 Å². The van der Waals surface area contributed by atoms with Gasteiger partial charge in [0.2, 0.25) is 5.03 Å². The number of halogens is 2. The van der Waals surface area contributed by atoms with E-state index in [0.717, 1.165) is 11.6 Å². The molecule has 0 aliphatic carbocycles. The molecule has 0 spiro atoms. The molecule has 2 rings (SSSR count). The van der Waals surface area contributed by atoms with E-state index >= 15 is 0 Å². The summed E-state index contributed by atoms with van der Waals surface area (Å²) in [6.45, 7) is 1.79. The second-order valence-electron chi connectivity index (χ2n) is 3.86. The first kappa shape index (κ1) is 13.8. The fourth-order valence-corrected chi connectivity index (χ4v) is 2.67. The number of hydrogen-bond donors (Lipinski definition) is 1. The number of nitrogens with one attached hydrogen (secondary N) is 1. The Morgan fingerprint density at radius 3 is 2.68 bits per heavy atom. The van der Waals surface area contributed by atoms with Gasteiger partial charge < -0.3 is 0 Å². The van der Waals surface area contributed by atoms with Gasteiger partial charge in [0.05, 0.1) is 5.69 Å². The smallest absolute Gasteiger partial charge is 0.278 e. The molecule has 4 nitrogen and oxygen atoms in total. The average molecular weight is 301 g/mol. The number of anilines is 1. The van der Waals surface area contributed by atoms with Crippen LogP contribution in [0.5, 0.6) is 0 Å². The Bertz CT molecular complexity index is 719. The number of benzene rings is 1. The molecule has 0 atom stereocenters. The minimum absolute atomic E-state index is 0.251. The summed E-state index contributed by atoms with van der Waals surface area (Å²) in [6.07, 6.45) is 1.21. The fraction of sp³-hybridized carbons (Fsp3) is 0.0833. The van der Waals surface area contributed by atoms with E-state index in [1.807, 2.05) is 0 Å². The molecule has 0 radical (unpaired) electrons. The van der Waals surface area contributed by atoms with E-state index < -0.39 is 20.9 Å². The molecule has 1 aromatic heterocycles. The van der Waals surface area contributed by atoms with Crippen molar-refractivity contribution in [1.82, 2.24) is 4.98 Å². The minimum Gasteiger partial charge on any atom is -0.278 e. The molecule has 1 N–H and O–H groups in total. The standard InChI is InChI=1S/C12H10ClFN2O2S/c1-8-4-5-9(7-10(8)13)16-19(17,18)12-11(14)3-2-6-15-12/h2-7,16H,1H3. The van der Waals surface area contributed by atoms with Crippen LogP contribution in [-0.4, -0.2) is 13.4 Å². The lowest BCUT2D eigenvalue weighted by atomic mass is 10.2. The van der Waals surface area contributed by atoms with Gasteiger partial charge in [-0.1, -0.05) is 17.7 Å². The molecule has 100 valence electrons. The van der Waals surface area contributed by atoms with Crippen molar-refractivity contribution in [3.05, 3.63) is 52.9 Å². The molecule has 0 aliphatic rings. The van der Waals surface area contributed by atoms with Gasteiger partial charge in [0.15, 0.2) is 5.82 Å². The minimum atomic E-state index is -4.07. The third-order valence-corrected chi connectivity index (χ3v) is 4.12. The van der Waals surface area contributed by atoms with Crippen molar-refractivity contribution in [3.8, 4) is 0 Å². The third-order valence-electron chi connectivity index (χ3n) is 2.40. The molecule has 1 heterocycles. The van der Waals surface area contributed by atoms with Crippen molar-refractivity contribution >= 4 is 27.3 Å². The molecule has 2 aromatic rings. The van der Waals surface area contributed by atoms with Gasteiger partial charge in [0, 0.05) is 11.2 Å². The van der Waals surface area contributed by atoms with Gasteiger partial charge in [-0.05, 0) is 36.8 Å². The van der Waals surface area contributed by atoms with Gasteiger partial charge in [-0.25, -0.2) is 9.37 Å². The zero-order valence-corrected chi connectivity index (χ0v) is 11.5. The summed E-state index contributed by atoms with van der Waals surface area (Å²) in [5, 5.41) is -0.228. The van der Waals surface area contributed by atoms with Crippen LogP contribution in [0, 0.1) is 12.7 Å². The van der Waals surface area contributed by atoms with Crippen LogP contribution in [0.3, 0.4) is 0 Å². The average Bonchev–Trinajstić information content (AvgIpc) is 2.34. The highest BCUT2D eigenvalue weighted by atomic mass is 35.5. The van der Waals surface area contributed by atoms with Crippen LogP contribution in [0.15, 0.2) is 41.6 Å². The molecule has 0 bridgehead atoms. The number of nitrogens with zero attached hydrogens (tertiary/aromatic N) is 1. The molecular formula is C12H10ClFN2O2S. The fourth-order valence-electron chi connectivity index (χ4n) is 1.43. The van der Waals surface area contributed by atoms with Crippen molar-refractivity contribution in [3.63, 3.8) is 0 Å². The maximum absolute atomic E-state index is 13.4. The highest BCUT2D eigenvalue weighted by Crippen LogP contribution is 2.22. The number of aromatic nitrogens is 1. The van der Waals surface area contributed by atoms with Crippen LogP contribution < -0.4 is 4.72 Å². The number of sulfonamides is 1. The van der Waals surface area contributed by atoms with Gasteiger partial charge in [-0.15, -0.1) is 0 Å².